The maximum absolute atomic E-state index is 12.7. The highest BCUT2D eigenvalue weighted by Crippen LogP contribution is 2.44. The van der Waals surface area contributed by atoms with Crippen LogP contribution in [0.25, 0.3) is 0 Å². The molecule has 4 heterocycles. The van der Waals surface area contributed by atoms with Crippen molar-refractivity contribution in [2.75, 3.05) is 13.1 Å². The normalized spacial score (nSPS) is 23.2. The van der Waals surface area contributed by atoms with Gasteiger partial charge in [-0.2, -0.15) is 0 Å². The zero-order chi connectivity index (χ0) is 24.7. The van der Waals surface area contributed by atoms with Crippen molar-refractivity contribution >= 4 is 17.6 Å². The molecule has 0 saturated carbocycles. The molecule has 0 aromatic carbocycles. The summed E-state index contributed by atoms with van der Waals surface area (Å²) in [6.45, 7) is 10.3. The number of hydroxylamine groups is 2. The standard InChI is InChI=1S/C21H29ClN9O3/c1-20(2)9-16(21(3,4)30(20)32)12-29-14-17(24-26-29)13-28-8-7-27(19(28)25-31(33)34)11-15-5-6-18(22)23-10-15/h5-6,10,14,16H,7-9,11-13H2,1-4H3/b25-19-. The molecule has 0 amide bonds. The number of hydrogen-bond donors (Lipinski definition) is 0. The molecule has 13 heteroatoms. The molecule has 1 radical (unpaired) electrons. The zero-order valence-corrected chi connectivity index (χ0v) is 20.5. The smallest absolute Gasteiger partial charge is 0.274 e. The van der Waals surface area contributed by atoms with Gasteiger partial charge in [-0.05, 0) is 45.7 Å². The van der Waals surface area contributed by atoms with Crippen molar-refractivity contribution in [1.29, 1.82) is 0 Å². The van der Waals surface area contributed by atoms with Crippen molar-refractivity contribution < 1.29 is 10.2 Å². The van der Waals surface area contributed by atoms with Crippen LogP contribution in [0.15, 0.2) is 29.6 Å². The molecule has 1 unspecified atom stereocenters. The van der Waals surface area contributed by atoms with Gasteiger partial charge >= 0.3 is 0 Å². The van der Waals surface area contributed by atoms with Gasteiger partial charge in [0, 0.05) is 49.4 Å². The molecule has 34 heavy (non-hydrogen) atoms. The molecular formula is C21H29ClN9O3. The molecule has 0 aliphatic carbocycles. The van der Waals surface area contributed by atoms with Crippen molar-refractivity contribution in [3.63, 3.8) is 0 Å². The minimum atomic E-state index is -0.684. The Morgan fingerprint density at radius 2 is 1.91 bits per heavy atom. The highest BCUT2D eigenvalue weighted by atomic mass is 35.5. The lowest BCUT2D eigenvalue weighted by atomic mass is 9.87. The maximum Gasteiger partial charge on any atom is 0.274 e. The van der Waals surface area contributed by atoms with Crippen LogP contribution in [0.1, 0.15) is 45.4 Å². The topological polar surface area (TPSA) is 129 Å². The SMILES string of the molecule is CC1(C)CC(Cn2cc(CN3CCN(Cc4ccc(Cl)nc4)/C3=N/[N+](=O)[O-])nn2)C(C)(C)N1[O]. The first-order valence-corrected chi connectivity index (χ1v) is 11.5. The highest BCUT2D eigenvalue weighted by molar-refractivity contribution is 6.29. The van der Waals surface area contributed by atoms with Gasteiger partial charge in [-0.15, -0.1) is 15.4 Å². The summed E-state index contributed by atoms with van der Waals surface area (Å²) in [5, 5.41) is 36.9. The summed E-state index contributed by atoms with van der Waals surface area (Å²) in [6, 6.07) is 3.52. The van der Waals surface area contributed by atoms with Gasteiger partial charge < -0.3 is 9.80 Å². The molecule has 2 aromatic rings. The van der Waals surface area contributed by atoms with E-state index in [1.54, 1.807) is 16.9 Å². The Hall–Kier alpha value is -2.83. The predicted octanol–water partition coefficient (Wildman–Crippen LogP) is 2.42. The minimum absolute atomic E-state index is 0.122. The number of nitrogens with zero attached hydrogens (tertiary/aromatic N) is 9. The van der Waals surface area contributed by atoms with Crippen LogP contribution in [0.5, 0.6) is 0 Å². The van der Waals surface area contributed by atoms with Gasteiger partial charge in [-0.1, -0.05) is 22.9 Å². The molecule has 183 valence electrons. The van der Waals surface area contributed by atoms with Crippen LogP contribution in [-0.2, 0) is 24.8 Å². The average molecular weight is 491 g/mol. The summed E-state index contributed by atoms with van der Waals surface area (Å²) < 4.78 is 1.76. The van der Waals surface area contributed by atoms with Crippen LogP contribution in [0.2, 0.25) is 5.15 Å². The van der Waals surface area contributed by atoms with Gasteiger partial charge in [-0.3, -0.25) is 4.68 Å². The molecule has 2 aromatic heterocycles. The lowest BCUT2D eigenvalue weighted by Gasteiger charge is -2.33. The number of rotatable bonds is 7. The van der Waals surface area contributed by atoms with Gasteiger partial charge in [-0.25, -0.2) is 15.1 Å². The highest BCUT2D eigenvalue weighted by Gasteiger charge is 2.52. The van der Waals surface area contributed by atoms with Crippen molar-refractivity contribution in [1.82, 2.24) is 34.8 Å². The van der Waals surface area contributed by atoms with E-state index in [4.69, 9.17) is 11.6 Å². The van der Waals surface area contributed by atoms with Crippen LogP contribution in [0.4, 0.5) is 0 Å². The Balaban J connectivity index is 1.44. The van der Waals surface area contributed by atoms with E-state index in [0.717, 1.165) is 12.0 Å². The van der Waals surface area contributed by atoms with Crippen molar-refractivity contribution in [2.24, 2.45) is 11.0 Å². The number of aromatic nitrogens is 4. The molecule has 2 fully saturated rings. The van der Waals surface area contributed by atoms with E-state index >= 15 is 0 Å². The summed E-state index contributed by atoms with van der Waals surface area (Å²) in [6.07, 6.45) is 4.25. The molecule has 4 rings (SSSR count). The van der Waals surface area contributed by atoms with E-state index in [1.165, 1.54) is 5.06 Å². The van der Waals surface area contributed by atoms with Gasteiger partial charge in [0.15, 0.2) is 5.03 Å². The fraction of sp³-hybridized carbons (Fsp3) is 0.619. The Morgan fingerprint density at radius 3 is 2.50 bits per heavy atom. The van der Waals surface area contributed by atoms with Crippen LogP contribution >= 0.6 is 11.6 Å². The number of pyridine rings is 1. The van der Waals surface area contributed by atoms with Crippen molar-refractivity contribution in [2.45, 2.75) is 64.8 Å². The maximum atomic E-state index is 12.7. The van der Waals surface area contributed by atoms with Crippen LogP contribution in [0, 0.1) is 16.0 Å². The van der Waals surface area contributed by atoms with Gasteiger partial charge in [0.2, 0.25) is 0 Å². The molecular weight excluding hydrogens is 462 g/mol. The molecule has 0 bridgehead atoms. The Labute approximate surface area is 202 Å². The minimum Gasteiger partial charge on any atom is -0.331 e. The quantitative estimate of drug-likeness (QED) is 0.328. The Bertz CT molecular complexity index is 1070. The summed E-state index contributed by atoms with van der Waals surface area (Å²) in [5.74, 6) is 0.395. The molecule has 12 nitrogen and oxygen atoms in total. The molecule has 0 N–H and O–H groups in total. The van der Waals surface area contributed by atoms with Gasteiger partial charge in [0.1, 0.15) is 15.9 Å². The van der Waals surface area contributed by atoms with E-state index in [1.807, 2.05) is 49.8 Å². The zero-order valence-electron chi connectivity index (χ0n) is 19.8. The first-order chi connectivity index (χ1) is 16.0. The predicted molar refractivity (Wildman–Crippen MR) is 123 cm³/mol. The number of halogens is 1. The van der Waals surface area contributed by atoms with Crippen LogP contribution < -0.4 is 0 Å². The fourth-order valence-corrected chi connectivity index (χ4v) is 5.06. The summed E-state index contributed by atoms with van der Waals surface area (Å²) in [4.78, 5) is 18.9. The third-order valence-electron chi connectivity index (χ3n) is 6.70. The Kier molecular flexibility index (Phi) is 6.49. The Morgan fingerprint density at radius 1 is 1.21 bits per heavy atom. The van der Waals surface area contributed by atoms with E-state index in [0.29, 0.717) is 43.6 Å². The average Bonchev–Trinajstić information content (AvgIpc) is 3.39. The van der Waals surface area contributed by atoms with Crippen LogP contribution in [-0.4, -0.2) is 70.0 Å². The fourth-order valence-electron chi connectivity index (χ4n) is 4.95. The number of hydrogen-bond acceptors (Lipinski definition) is 6. The molecule has 2 aliphatic heterocycles. The van der Waals surface area contributed by atoms with E-state index in [2.05, 4.69) is 20.4 Å². The van der Waals surface area contributed by atoms with E-state index < -0.39 is 16.1 Å². The molecule has 2 aliphatic rings. The third-order valence-corrected chi connectivity index (χ3v) is 6.93. The summed E-state index contributed by atoms with van der Waals surface area (Å²) in [7, 11) is 0. The summed E-state index contributed by atoms with van der Waals surface area (Å²) in [5.41, 5.74) is 0.625. The molecule has 1 atom stereocenters. The second-order valence-electron chi connectivity index (χ2n) is 10.1. The largest absolute Gasteiger partial charge is 0.331 e. The number of nitro groups is 1. The second kappa shape index (κ2) is 9.08. The first-order valence-electron chi connectivity index (χ1n) is 11.2. The summed E-state index contributed by atoms with van der Waals surface area (Å²) >= 11 is 5.85. The number of guanidine groups is 1. The molecule has 2 saturated heterocycles. The monoisotopic (exact) mass is 490 g/mol. The lowest BCUT2D eigenvalue weighted by molar-refractivity contribution is -0.486. The molecule has 0 spiro atoms. The first kappa shape index (κ1) is 24.3. The number of hydrazone groups is 1. The lowest BCUT2D eigenvalue weighted by Crippen LogP contribution is -2.46. The van der Waals surface area contributed by atoms with Gasteiger partial charge in [0.05, 0.1) is 12.7 Å². The van der Waals surface area contributed by atoms with Crippen molar-refractivity contribution in [3.8, 4) is 0 Å². The second-order valence-corrected chi connectivity index (χ2v) is 10.5. The third kappa shape index (κ3) is 4.98. The van der Waals surface area contributed by atoms with Crippen LogP contribution in [0.3, 0.4) is 0 Å². The van der Waals surface area contributed by atoms with E-state index in [-0.39, 0.29) is 11.9 Å². The van der Waals surface area contributed by atoms with Gasteiger partial charge in [0.25, 0.3) is 5.96 Å². The van der Waals surface area contributed by atoms with Crippen molar-refractivity contribution in [3.05, 3.63) is 51.1 Å². The van der Waals surface area contributed by atoms with E-state index in [9.17, 15) is 15.3 Å².